The molecule has 3 nitrogen and oxygen atoms in total. The van der Waals surface area contributed by atoms with E-state index in [0.717, 1.165) is 30.7 Å². The van der Waals surface area contributed by atoms with Crippen LogP contribution in [0.5, 0.6) is 0 Å². The number of carbonyl (C=O) groups excluding carboxylic acids is 1. The molecular weight excluding hydrogens is 258 g/mol. The minimum Gasteiger partial charge on any atom is -0.395 e. The minimum absolute atomic E-state index is 0.105. The molecule has 0 saturated carbocycles. The van der Waals surface area contributed by atoms with Gasteiger partial charge in [0.2, 0.25) is 5.91 Å². The van der Waals surface area contributed by atoms with Gasteiger partial charge in [0.25, 0.3) is 0 Å². The highest BCUT2D eigenvalue weighted by atomic mass is 32.1. The van der Waals surface area contributed by atoms with Crippen molar-refractivity contribution in [1.29, 1.82) is 0 Å². The molecule has 0 unspecified atom stereocenters. The molecule has 102 valence electrons. The zero-order chi connectivity index (χ0) is 13.5. The Bertz CT molecular complexity index is 484. The maximum absolute atomic E-state index is 11.9. The summed E-state index contributed by atoms with van der Waals surface area (Å²) in [6, 6.07) is 4.04. The molecule has 2 rings (SSSR count). The Labute approximate surface area is 118 Å². The van der Waals surface area contributed by atoms with E-state index >= 15 is 0 Å². The fourth-order valence-corrected chi connectivity index (χ4v) is 3.03. The van der Waals surface area contributed by atoms with Crippen molar-refractivity contribution in [2.45, 2.75) is 38.6 Å². The van der Waals surface area contributed by atoms with Crippen molar-refractivity contribution in [1.82, 2.24) is 4.90 Å². The van der Waals surface area contributed by atoms with Crippen molar-refractivity contribution in [2.24, 2.45) is 0 Å². The first-order valence-corrected chi connectivity index (χ1v) is 7.57. The summed E-state index contributed by atoms with van der Waals surface area (Å²) in [6.45, 7) is 1.70. The second kappa shape index (κ2) is 7.32. The van der Waals surface area contributed by atoms with E-state index in [1.54, 1.807) is 11.3 Å². The zero-order valence-electron chi connectivity index (χ0n) is 11.0. The molecule has 0 aromatic carbocycles. The maximum Gasteiger partial charge on any atom is 0.222 e. The molecule has 1 N–H and O–H groups in total. The van der Waals surface area contributed by atoms with Crippen LogP contribution < -0.4 is 0 Å². The lowest BCUT2D eigenvalue weighted by Crippen LogP contribution is -2.29. The van der Waals surface area contributed by atoms with Crippen LogP contribution in [-0.2, 0) is 11.3 Å². The van der Waals surface area contributed by atoms with Gasteiger partial charge in [0, 0.05) is 24.3 Å². The van der Waals surface area contributed by atoms with Gasteiger partial charge in [-0.1, -0.05) is 18.3 Å². The van der Waals surface area contributed by atoms with E-state index in [4.69, 9.17) is 5.11 Å². The molecule has 0 spiro atoms. The number of carbonyl (C=O) groups is 1. The van der Waals surface area contributed by atoms with Crippen molar-refractivity contribution in [3.05, 3.63) is 21.9 Å². The van der Waals surface area contributed by atoms with Gasteiger partial charge >= 0.3 is 0 Å². The van der Waals surface area contributed by atoms with Crippen molar-refractivity contribution in [2.75, 3.05) is 13.2 Å². The molecule has 0 aliphatic carbocycles. The van der Waals surface area contributed by atoms with Crippen LogP contribution in [-0.4, -0.2) is 29.1 Å². The summed E-state index contributed by atoms with van der Waals surface area (Å²) in [7, 11) is 0. The van der Waals surface area contributed by atoms with Crippen LogP contribution in [0, 0.1) is 11.8 Å². The van der Waals surface area contributed by atoms with Crippen LogP contribution in [0.25, 0.3) is 0 Å². The first-order valence-electron chi connectivity index (χ1n) is 6.76. The van der Waals surface area contributed by atoms with E-state index in [-0.39, 0.29) is 12.5 Å². The standard InChI is InChI=1S/C15H19NO2S/c17-11-5-3-6-13-8-9-14(19-13)12-16-10-4-1-2-7-15(16)18/h8-9,17H,1-2,4-5,7,10-12H2. The topological polar surface area (TPSA) is 40.5 Å². The van der Waals surface area contributed by atoms with Crippen molar-refractivity contribution < 1.29 is 9.90 Å². The minimum atomic E-state index is 0.105. The predicted octanol–water partition coefficient (Wildman–Crippen LogP) is 2.38. The Kier molecular flexibility index (Phi) is 5.44. The Balaban J connectivity index is 1.95. The van der Waals surface area contributed by atoms with Crippen molar-refractivity contribution >= 4 is 17.2 Å². The maximum atomic E-state index is 11.9. The van der Waals surface area contributed by atoms with E-state index in [2.05, 4.69) is 11.8 Å². The van der Waals surface area contributed by atoms with Gasteiger partial charge in [-0.15, -0.1) is 11.3 Å². The average molecular weight is 277 g/mol. The third kappa shape index (κ3) is 4.38. The van der Waals surface area contributed by atoms with Crippen LogP contribution in [0.4, 0.5) is 0 Å². The van der Waals surface area contributed by atoms with E-state index < -0.39 is 0 Å². The Morgan fingerprint density at radius 3 is 3.05 bits per heavy atom. The number of hydrogen-bond donors (Lipinski definition) is 1. The normalized spacial score (nSPS) is 15.8. The SMILES string of the molecule is O=C1CCCCCN1Cc1ccc(C#CCCO)s1. The van der Waals surface area contributed by atoms with Gasteiger partial charge in [0.05, 0.1) is 18.0 Å². The number of aliphatic hydroxyl groups excluding tert-OH is 1. The monoisotopic (exact) mass is 277 g/mol. The number of nitrogens with zero attached hydrogens (tertiary/aromatic N) is 1. The fraction of sp³-hybridized carbons (Fsp3) is 0.533. The molecule has 1 aromatic rings. The highest BCUT2D eigenvalue weighted by Gasteiger charge is 2.17. The van der Waals surface area contributed by atoms with Gasteiger partial charge in [0.1, 0.15) is 0 Å². The number of amides is 1. The second-order valence-corrected chi connectivity index (χ2v) is 5.84. The summed E-state index contributed by atoms with van der Waals surface area (Å²) in [6.07, 6.45) is 4.49. The molecule has 0 radical (unpaired) electrons. The lowest BCUT2D eigenvalue weighted by molar-refractivity contribution is -0.131. The van der Waals surface area contributed by atoms with Crippen LogP contribution in [0.2, 0.25) is 0 Å². The zero-order valence-corrected chi connectivity index (χ0v) is 11.8. The summed E-state index contributed by atoms with van der Waals surface area (Å²) in [5.74, 6) is 6.23. The summed E-state index contributed by atoms with van der Waals surface area (Å²) in [5.41, 5.74) is 0. The molecule has 1 amide bonds. The highest BCUT2D eigenvalue weighted by molar-refractivity contribution is 7.12. The van der Waals surface area contributed by atoms with Gasteiger partial charge < -0.3 is 10.0 Å². The molecule has 19 heavy (non-hydrogen) atoms. The molecule has 1 aromatic heterocycles. The number of hydrogen-bond acceptors (Lipinski definition) is 3. The molecule has 2 heterocycles. The first-order chi connectivity index (χ1) is 9.29. The van der Waals surface area contributed by atoms with Gasteiger partial charge in [-0.2, -0.15) is 0 Å². The Morgan fingerprint density at radius 1 is 1.32 bits per heavy atom. The third-order valence-corrected chi connectivity index (χ3v) is 4.11. The molecule has 0 atom stereocenters. The van der Waals surface area contributed by atoms with Gasteiger partial charge in [0.15, 0.2) is 0 Å². The summed E-state index contributed by atoms with van der Waals surface area (Å²) in [4.78, 5) is 16.1. The van der Waals surface area contributed by atoms with Crippen LogP contribution in [0.3, 0.4) is 0 Å². The summed E-state index contributed by atoms with van der Waals surface area (Å²) >= 11 is 1.64. The highest BCUT2D eigenvalue weighted by Crippen LogP contribution is 2.20. The van der Waals surface area contributed by atoms with E-state index in [1.807, 2.05) is 17.0 Å². The molecule has 0 bridgehead atoms. The predicted molar refractivity (Wildman–Crippen MR) is 76.8 cm³/mol. The number of likely N-dealkylation sites (tertiary alicyclic amines) is 1. The molecule has 4 heteroatoms. The number of thiophene rings is 1. The van der Waals surface area contributed by atoms with Crippen molar-refractivity contribution in [3.63, 3.8) is 0 Å². The largest absolute Gasteiger partial charge is 0.395 e. The molecule has 1 fully saturated rings. The second-order valence-electron chi connectivity index (χ2n) is 4.67. The van der Waals surface area contributed by atoms with Crippen LogP contribution >= 0.6 is 11.3 Å². The average Bonchev–Trinajstić information content (AvgIpc) is 2.75. The molecule has 1 aliphatic heterocycles. The lowest BCUT2D eigenvalue weighted by Gasteiger charge is -2.19. The smallest absolute Gasteiger partial charge is 0.222 e. The number of rotatable bonds is 3. The van der Waals surface area contributed by atoms with E-state index in [0.29, 0.717) is 19.4 Å². The van der Waals surface area contributed by atoms with Gasteiger partial charge in [-0.3, -0.25) is 4.79 Å². The van der Waals surface area contributed by atoms with Gasteiger partial charge in [-0.05, 0) is 25.0 Å². The molecule has 1 saturated heterocycles. The quantitative estimate of drug-likeness (QED) is 0.862. The fourth-order valence-electron chi connectivity index (χ4n) is 2.13. The van der Waals surface area contributed by atoms with Crippen LogP contribution in [0.1, 0.15) is 41.9 Å². The van der Waals surface area contributed by atoms with E-state index in [9.17, 15) is 4.79 Å². The van der Waals surface area contributed by atoms with Crippen molar-refractivity contribution in [3.8, 4) is 11.8 Å². The summed E-state index contributed by atoms with van der Waals surface area (Å²) < 4.78 is 0. The Hall–Kier alpha value is -1.31. The molecular formula is C15H19NO2S. The molecule has 1 aliphatic rings. The van der Waals surface area contributed by atoms with E-state index in [1.165, 1.54) is 4.88 Å². The van der Waals surface area contributed by atoms with Crippen LogP contribution in [0.15, 0.2) is 12.1 Å². The first kappa shape index (κ1) is 14.1. The Morgan fingerprint density at radius 2 is 2.21 bits per heavy atom. The summed E-state index contributed by atoms with van der Waals surface area (Å²) in [5, 5.41) is 8.68. The third-order valence-electron chi connectivity index (χ3n) is 3.13. The lowest BCUT2D eigenvalue weighted by atomic mass is 10.2. The number of aliphatic hydroxyl groups is 1. The van der Waals surface area contributed by atoms with Gasteiger partial charge in [-0.25, -0.2) is 0 Å².